The molecule has 0 aromatic carbocycles. The van der Waals surface area contributed by atoms with E-state index in [9.17, 15) is 0 Å². The highest BCUT2D eigenvalue weighted by Crippen LogP contribution is 2.18. The largest absolute Gasteiger partial charge is 0.341 e. The Morgan fingerprint density at radius 3 is 2.33 bits per heavy atom. The van der Waals surface area contributed by atoms with Crippen molar-refractivity contribution in [3.63, 3.8) is 0 Å². The minimum atomic E-state index is 0.357. The zero-order chi connectivity index (χ0) is 15.8. The summed E-state index contributed by atoms with van der Waals surface area (Å²) in [5.41, 5.74) is 2.53. The maximum absolute atomic E-state index is 5.48. The summed E-state index contributed by atoms with van der Waals surface area (Å²) in [7, 11) is 2.01. The maximum atomic E-state index is 5.48. The Labute approximate surface area is 131 Å². The summed E-state index contributed by atoms with van der Waals surface area (Å²) in [5, 5.41) is 0. The van der Waals surface area contributed by atoms with Crippen LogP contribution in [0, 0.1) is 0 Å². The van der Waals surface area contributed by atoms with Crippen molar-refractivity contribution in [2.45, 2.75) is 33.2 Å². The second kappa shape index (κ2) is 8.89. The number of thioether (sulfide) groups is 1. The van der Waals surface area contributed by atoms with E-state index in [1.165, 1.54) is 0 Å². The number of nitrogen functional groups attached to an aromatic ring is 1. The molecule has 8 heteroatoms. The fourth-order valence-corrected chi connectivity index (χ4v) is 2.48. The van der Waals surface area contributed by atoms with Crippen LogP contribution in [0.25, 0.3) is 0 Å². The molecule has 0 aliphatic rings. The van der Waals surface area contributed by atoms with Gasteiger partial charge >= 0.3 is 0 Å². The normalized spacial score (nSPS) is 12.1. The van der Waals surface area contributed by atoms with Gasteiger partial charge in [0.25, 0.3) is 0 Å². The highest BCUT2D eigenvalue weighted by atomic mass is 32.2. The van der Waals surface area contributed by atoms with Gasteiger partial charge in [0.15, 0.2) is 0 Å². The Hall–Kier alpha value is -1.28. The first-order chi connectivity index (χ1) is 10.1. The smallest absolute Gasteiger partial charge is 0.243 e. The monoisotopic (exact) mass is 313 g/mol. The number of aromatic nitrogens is 3. The molecule has 1 unspecified atom stereocenters. The van der Waals surface area contributed by atoms with Crippen LogP contribution in [0.3, 0.4) is 0 Å². The molecule has 1 aromatic heterocycles. The first kappa shape index (κ1) is 17.8. The van der Waals surface area contributed by atoms with Crippen molar-refractivity contribution in [2.24, 2.45) is 5.84 Å². The van der Waals surface area contributed by atoms with Gasteiger partial charge in [0.05, 0.1) is 0 Å². The van der Waals surface area contributed by atoms with E-state index in [2.05, 4.69) is 57.2 Å². The van der Waals surface area contributed by atoms with Crippen LogP contribution in [0.5, 0.6) is 0 Å². The van der Waals surface area contributed by atoms with E-state index in [-0.39, 0.29) is 0 Å². The molecule has 1 heterocycles. The lowest BCUT2D eigenvalue weighted by Gasteiger charge is -2.26. The van der Waals surface area contributed by atoms with Crippen molar-refractivity contribution in [3.05, 3.63) is 0 Å². The topological polar surface area (TPSA) is 83.2 Å². The first-order valence-corrected chi connectivity index (χ1v) is 8.66. The van der Waals surface area contributed by atoms with Crippen LogP contribution in [-0.2, 0) is 0 Å². The number of nitrogens with zero attached hydrogens (tertiary/aromatic N) is 5. The molecule has 0 aliphatic carbocycles. The molecule has 3 N–H and O–H groups in total. The predicted molar refractivity (Wildman–Crippen MR) is 92.1 cm³/mol. The van der Waals surface area contributed by atoms with Crippen molar-refractivity contribution in [1.29, 1.82) is 0 Å². The molecular weight excluding hydrogens is 286 g/mol. The Morgan fingerprint density at radius 2 is 1.81 bits per heavy atom. The van der Waals surface area contributed by atoms with Crippen LogP contribution in [-0.4, -0.2) is 53.1 Å². The van der Waals surface area contributed by atoms with Crippen molar-refractivity contribution in [2.75, 3.05) is 47.4 Å². The van der Waals surface area contributed by atoms with Crippen LogP contribution < -0.4 is 21.1 Å². The quantitative estimate of drug-likeness (QED) is 0.525. The second-order valence-electron chi connectivity index (χ2n) is 4.82. The molecule has 0 spiro atoms. The average Bonchev–Trinajstić information content (AvgIpc) is 2.52. The number of rotatable bonds is 9. The van der Waals surface area contributed by atoms with Gasteiger partial charge in [-0.3, -0.25) is 5.43 Å². The lowest BCUT2D eigenvalue weighted by Crippen LogP contribution is -2.33. The summed E-state index contributed by atoms with van der Waals surface area (Å²) >= 11 is 1.85. The third-order valence-corrected chi connectivity index (χ3v) is 4.15. The van der Waals surface area contributed by atoms with E-state index in [0.29, 0.717) is 23.9 Å². The number of nitrogens with one attached hydrogen (secondary N) is 1. The zero-order valence-corrected chi connectivity index (χ0v) is 14.4. The molecule has 1 aromatic rings. The van der Waals surface area contributed by atoms with E-state index in [0.717, 1.165) is 25.3 Å². The number of anilines is 3. The maximum Gasteiger partial charge on any atom is 0.243 e. The summed E-state index contributed by atoms with van der Waals surface area (Å²) in [6, 6.07) is 0.357. The standard InChI is InChI=1S/C13H27N7S/c1-6-20(7-2)13-16-11(18-14)15-12(17-13)19(4)10(3)8-9-21-5/h10H,6-9,14H2,1-5H3,(H,15,16,17,18). The molecule has 0 aliphatic heterocycles. The van der Waals surface area contributed by atoms with Gasteiger partial charge in [0, 0.05) is 26.2 Å². The molecule has 0 saturated heterocycles. The van der Waals surface area contributed by atoms with Crippen LogP contribution >= 0.6 is 11.8 Å². The predicted octanol–water partition coefficient (Wildman–Crippen LogP) is 1.58. The summed E-state index contributed by atoms with van der Waals surface area (Å²) in [6.07, 6.45) is 3.19. The zero-order valence-electron chi connectivity index (χ0n) is 13.6. The van der Waals surface area contributed by atoms with E-state index in [1.54, 1.807) is 0 Å². The Morgan fingerprint density at radius 1 is 1.19 bits per heavy atom. The molecule has 0 bridgehead atoms. The van der Waals surface area contributed by atoms with Crippen molar-refractivity contribution >= 4 is 29.6 Å². The lowest BCUT2D eigenvalue weighted by molar-refractivity contribution is 0.650. The van der Waals surface area contributed by atoms with E-state index in [4.69, 9.17) is 5.84 Å². The van der Waals surface area contributed by atoms with Gasteiger partial charge < -0.3 is 9.80 Å². The van der Waals surface area contributed by atoms with Gasteiger partial charge in [-0.1, -0.05) is 0 Å². The van der Waals surface area contributed by atoms with Crippen LogP contribution in [0.2, 0.25) is 0 Å². The molecule has 0 saturated carbocycles. The van der Waals surface area contributed by atoms with Gasteiger partial charge in [-0.15, -0.1) is 0 Å². The fourth-order valence-electron chi connectivity index (χ4n) is 1.90. The second-order valence-corrected chi connectivity index (χ2v) is 5.80. The van der Waals surface area contributed by atoms with Crippen LogP contribution in [0.1, 0.15) is 27.2 Å². The molecule has 0 radical (unpaired) electrons. The van der Waals surface area contributed by atoms with Crippen molar-refractivity contribution in [3.8, 4) is 0 Å². The molecule has 7 nitrogen and oxygen atoms in total. The van der Waals surface area contributed by atoms with E-state index >= 15 is 0 Å². The lowest BCUT2D eigenvalue weighted by atomic mass is 10.2. The first-order valence-electron chi connectivity index (χ1n) is 7.26. The fraction of sp³-hybridized carbons (Fsp3) is 0.769. The Kier molecular flexibility index (Phi) is 7.52. The van der Waals surface area contributed by atoms with Gasteiger partial charge in [-0.2, -0.15) is 26.7 Å². The molecule has 1 rings (SSSR count). The average molecular weight is 313 g/mol. The number of nitrogens with two attached hydrogens (primary N) is 1. The Bertz CT molecular complexity index is 425. The highest BCUT2D eigenvalue weighted by molar-refractivity contribution is 7.98. The summed E-state index contributed by atoms with van der Waals surface area (Å²) in [5.74, 6) is 8.29. The third-order valence-electron chi connectivity index (χ3n) is 3.50. The molecule has 21 heavy (non-hydrogen) atoms. The summed E-state index contributed by atoms with van der Waals surface area (Å²) in [4.78, 5) is 17.4. The van der Waals surface area contributed by atoms with Crippen molar-refractivity contribution in [1.82, 2.24) is 15.0 Å². The van der Waals surface area contributed by atoms with Crippen LogP contribution in [0.4, 0.5) is 17.8 Å². The number of hydrogen-bond donors (Lipinski definition) is 2. The SMILES string of the molecule is CCN(CC)c1nc(NN)nc(N(C)C(C)CCSC)n1. The van der Waals surface area contributed by atoms with Crippen molar-refractivity contribution < 1.29 is 0 Å². The van der Waals surface area contributed by atoms with Crippen LogP contribution in [0.15, 0.2) is 0 Å². The molecule has 0 amide bonds. The van der Waals surface area contributed by atoms with Gasteiger partial charge in [-0.05, 0) is 39.2 Å². The summed E-state index contributed by atoms with van der Waals surface area (Å²) in [6.45, 7) is 8.01. The molecule has 1 atom stereocenters. The van der Waals surface area contributed by atoms with Gasteiger partial charge in [0.2, 0.25) is 17.8 Å². The minimum absolute atomic E-state index is 0.357. The number of hydrazine groups is 1. The molecular formula is C13H27N7S. The van der Waals surface area contributed by atoms with E-state index in [1.807, 2.05) is 18.8 Å². The third kappa shape index (κ3) is 4.89. The Balaban J connectivity index is 3.02. The van der Waals surface area contributed by atoms with E-state index < -0.39 is 0 Å². The molecule has 120 valence electrons. The highest BCUT2D eigenvalue weighted by Gasteiger charge is 2.17. The van der Waals surface area contributed by atoms with Gasteiger partial charge in [-0.25, -0.2) is 5.84 Å². The summed E-state index contributed by atoms with van der Waals surface area (Å²) < 4.78 is 0. The molecule has 0 fully saturated rings. The van der Waals surface area contributed by atoms with Gasteiger partial charge in [0.1, 0.15) is 0 Å². The minimum Gasteiger partial charge on any atom is -0.341 e. The number of hydrogen-bond acceptors (Lipinski definition) is 8.